The van der Waals surface area contributed by atoms with Gasteiger partial charge in [0.1, 0.15) is 0 Å². The van der Waals surface area contributed by atoms with E-state index in [9.17, 15) is 4.79 Å². The second kappa shape index (κ2) is 13.4. The number of pyridine rings is 1. The van der Waals surface area contributed by atoms with Crippen LogP contribution in [0.2, 0.25) is 0 Å². The van der Waals surface area contributed by atoms with Crippen LogP contribution in [0.25, 0.3) is 17.0 Å². The zero-order valence-corrected chi connectivity index (χ0v) is 23.8. The van der Waals surface area contributed by atoms with Crippen LogP contribution in [0.1, 0.15) is 24.8 Å². The van der Waals surface area contributed by atoms with Gasteiger partial charge in [-0.05, 0) is 55.8 Å². The van der Waals surface area contributed by atoms with Crippen LogP contribution in [-0.4, -0.2) is 57.2 Å². The molecule has 196 valence electrons. The SMILES string of the molecule is CN1/C(=C/c2cc[n+](CC(=O)NCCOCCN3CCCCC3)c3ccccc23)Sc2ccccc21.[Br-]. The van der Waals surface area contributed by atoms with E-state index in [1.54, 1.807) is 11.8 Å². The number of likely N-dealkylation sites (tertiary alicyclic amines) is 1. The molecule has 3 aromatic rings. The quantitative estimate of drug-likeness (QED) is 0.304. The number of aromatic nitrogens is 1. The summed E-state index contributed by atoms with van der Waals surface area (Å²) in [5.41, 5.74) is 3.42. The number of carbonyl (C=O) groups is 1. The smallest absolute Gasteiger partial charge is 0.286 e. The Kier molecular flexibility index (Phi) is 10.0. The molecular weight excluding hydrogens is 548 g/mol. The molecular formula is C29H35BrN4O2S. The van der Waals surface area contributed by atoms with Crippen molar-refractivity contribution in [1.29, 1.82) is 0 Å². The van der Waals surface area contributed by atoms with Crippen LogP contribution in [0.3, 0.4) is 0 Å². The molecule has 1 N–H and O–H groups in total. The average Bonchev–Trinajstić information content (AvgIpc) is 3.23. The number of para-hydroxylation sites is 2. The molecule has 2 aliphatic heterocycles. The number of ether oxygens (including phenoxy) is 1. The van der Waals surface area contributed by atoms with Crippen molar-refractivity contribution in [2.75, 3.05) is 51.3 Å². The fourth-order valence-corrected chi connectivity index (χ4v) is 6.01. The molecule has 1 fully saturated rings. The number of nitrogens with one attached hydrogen (secondary N) is 1. The van der Waals surface area contributed by atoms with Crippen LogP contribution in [0.5, 0.6) is 0 Å². The average molecular weight is 584 g/mol. The molecule has 1 amide bonds. The van der Waals surface area contributed by atoms with E-state index in [1.165, 1.54) is 48.0 Å². The Morgan fingerprint density at radius 1 is 1.05 bits per heavy atom. The number of carbonyl (C=O) groups excluding carboxylic acids is 1. The molecule has 0 saturated carbocycles. The molecule has 0 unspecified atom stereocenters. The molecule has 0 radical (unpaired) electrons. The number of piperidine rings is 1. The summed E-state index contributed by atoms with van der Waals surface area (Å²) in [5.74, 6) is -0.00239. The van der Waals surface area contributed by atoms with Crippen LogP contribution in [0, 0.1) is 0 Å². The number of amides is 1. The predicted octanol–water partition coefficient (Wildman–Crippen LogP) is 1.29. The Hall–Kier alpha value is -2.39. The number of benzene rings is 2. The van der Waals surface area contributed by atoms with Crippen molar-refractivity contribution in [3.05, 3.63) is 71.4 Å². The van der Waals surface area contributed by atoms with Crippen molar-refractivity contribution >= 4 is 40.3 Å². The van der Waals surface area contributed by atoms with E-state index >= 15 is 0 Å². The molecule has 1 saturated heterocycles. The van der Waals surface area contributed by atoms with Gasteiger partial charge in [0.15, 0.2) is 6.20 Å². The van der Waals surface area contributed by atoms with Crippen LogP contribution in [0.4, 0.5) is 5.69 Å². The lowest BCUT2D eigenvalue weighted by atomic mass is 10.1. The third-order valence-corrected chi connectivity index (χ3v) is 8.06. The van der Waals surface area contributed by atoms with Crippen molar-refractivity contribution in [1.82, 2.24) is 10.2 Å². The number of halogens is 1. The zero-order chi connectivity index (χ0) is 24.7. The van der Waals surface area contributed by atoms with Gasteiger partial charge in [0.2, 0.25) is 12.1 Å². The van der Waals surface area contributed by atoms with Crippen LogP contribution >= 0.6 is 11.8 Å². The Balaban J connectivity index is 0.00000320. The first-order chi connectivity index (χ1) is 17.7. The first kappa shape index (κ1) is 27.6. The van der Waals surface area contributed by atoms with E-state index < -0.39 is 0 Å². The summed E-state index contributed by atoms with van der Waals surface area (Å²) in [6.07, 6.45) is 8.19. The molecule has 0 aliphatic carbocycles. The topological polar surface area (TPSA) is 48.7 Å². The lowest BCUT2D eigenvalue weighted by Crippen LogP contribution is -3.00. The number of thioether (sulfide) groups is 1. The molecule has 5 rings (SSSR count). The van der Waals surface area contributed by atoms with Crippen molar-refractivity contribution in [2.24, 2.45) is 0 Å². The summed E-state index contributed by atoms with van der Waals surface area (Å²) in [6.45, 7) is 5.44. The van der Waals surface area contributed by atoms with E-state index in [0.717, 1.165) is 29.6 Å². The lowest BCUT2D eigenvalue weighted by molar-refractivity contribution is -0.658. The fourth-order valence-electron chi connectivity index (χ4n) is 4.90. The molecule has 6 nitrogen and oxygen atoms in total. The van der Waals surface area contributed by atoms with E-state index in [-0.39, 0.29) is 29.4 Å². The summed E-state index contributed by atoms with van der Waals surface area (Å²) in [4.78, 5) is 18.6. The number of fused-ring (bicyclic) bond motifs is 2. The van der Waals surface area contributed by atoms with Crippen LogP contribution < -0.4 is 31.8 Å². The number of hydrogen-bond donors (Lipinski definition) is 1. The maximum absolute atomic E-state index is 12.7. The highest BCUT2D eigenvalue weighted by molar-refractivity contribution is 8.03. The van der Waals surface area contributed by atoms with Gasteiger partial charge in [0, 0.05) is 37.2 Å². The number of hydrogen-bond acceptors (Lipinski definition) is 5. The fraction of sp³-hybridized carbons (Fsp3) is 0.379. The van der Waals surface area contributed by atoms with Gasteiger partial charge >= 0.3 is 0 Å². The highest BCUT2D eigenvalue weighted by atomic mass is 79.9. The molecule has 0 bridgehead atoms. The Morgan fingerprint density at radius 3 is 2.68 bits per heavy atom. The summed E-state index contributed by atoms with van der Waals surface area (Å²) >= 11 is 1.79. The Bertz CT molecular complexity index is 1250. The lowest BCUT2D eigenvalue weighted by Gasteiger charge is -2.26. The molecule has 0 spiro atoms. The van der Waals surface area contributed by atoms with Gasteiger partial charge < -0.3 is 36.8 Å². The summed E-state index contributed by atoms with van der Waals surface area (Å²) in [7, 11) is 2.11. The molecule has 2 aliphatic rings. The minimum Gasteiger partial charge on any atom is -1.00 e. The highest BCUT2D eigenvalue weighted by Gasteiger charge is 2.22. The van der Waals surface area contributed by atoms with E-state index in [2.05, 4.69) is 76.8 Å². The standard InChI is InChI=1S/C29H34N4O2S.BrH/c1-31-26-11-5-6-12-27(26)36-29(31)21-23-13-17-33(25-10-4-3-9-24(23)25)22-28(34)30-14-19-35-20-18-32-15-7-2-8-16-32;/h3-6,9-13,17,21H,2,7-8,14-16,18-20,22H2,1H3;1H. The van der Waals surface area contributed by atoms with Gasteiger partial charge in [0.25, 0.3) is 5.91 Å². The zero-order valence-electron chi connectivity index (χ0n) is 21.4. The van der Waals surface area contributed by atoms with E-state index in [1.807, 2.05) is 16.8 Å². The Morgan fingerprint density at radius 2 is 1.84 bits per heavy atom. The van der Waals surface area contributed by atoms with Gasteiger partial charge in [-0.1, -0.05) is 42.4 Å². The van der Waals surface area contributed by atoms with E-state index in [0.29, 0.717) is 13.2 Å². The molecule has 1 aromatic heterocycles. The van der Waals surface area contributed by atoms with Gasteiger partial charge in [0.05, 0.1) is 29.3 Å². The second-order valence-electron chi connectivity index (χ2n) is 9.39. The molecule has 8 heteroatoms. The van der Waals surface area contributed by atoms with Crippen molar-refractivity contribution in [3.63, 3.8) is 0 Å². The van der Waals surface area contributed by atoms with E-state index in [4.69, 9.17) is 4.74 Å². The monoisotopic (exact) mass is 582 g/mol. The first-order valence-electron chi connectivity index (χ1n) is 12.9. The third-order valence-electron chi connectivity index (χ3n) is 6.89. The first-order valence-corrected chi connectivity index (χ1v) is 13.7. The second-order valence-corrected chi connectivity index (χ2v) is 10.5. The summed E-state index contributed by atoms with van der Waals surface area (Å²) in [6, 6.07) is 18.8. The third kappa shape index (κ3) is 6.93. The highest BCUT2D eigenvalue weighted by Crippen LogP contribution is 2.45. The molecule has 2 aromatic carbocycles. The van der Waals surface area contributed by atoms with Crippen LogP contribution in [-0.2, 0) is 16.1 Å². The van der Waals surface area contributed by atoms with Gasteiger partial charge in [-0.2, -0.15) is 4.57 Å². The molecule has 3 heterocycles. The normalized spacial score (nSPS) is 16.6. The summed E-state index contributed by atoms with van der Waals surface area (Å²) in [5, 5.41) is 5.33. The number of anilines is 1. The van der Waals surface area contributed by atoms with Crippen molar-refractivity contribution < 1.29 is 31.1 Å². The van der Waals surface area contributed by atoms with Gasteiger partial charge in [-0.25, -0.2) is 0 Å². The Labute approximate surface area is 234 Å². The minimum atomic E-state index is -0.00239. The minimum absolute atomic E-state index is 0. The maximum atomic E-state index is 12.7. The van der Waals surface area contributed by atoms with Crippen molar-refractivity contribution in [3.8, 4) is 0 Å². The molecule has 37 heavy (non-hydrogen) atoms. The predicted molar refractivity (Wildman–Crippen MR) is 147 cm³/mol. The van der Waals surface area contributed by atoms with Gasteiger partial charge in [-0.15, -0.1) is 0 Å². The number of rotatable bonds is 9. The molecule has 0 atom stereocenters. The van der Waals surface area contributed by atoms with Crippen molar-refractivity contribution in [2.45, 2.75) is 30.7 Å². The van der Waals surface area contributed by atoms with Crippen LogP contribution in [0.15, 0.2) is 70.7 Å². The summed E-state index contributed by atoms with van der Waals surface area (Å²) < 4.78 is 7.76. The largest absolute Gasteiger partial charge is 1.00 e. The number of nitrogens with zero attached hydrogens (tertiary/aromatic N) is 3. The maximum Gasteiger partial charge on any atom is 0.286 e. The van der Waals surface area contributed by atoms with Gasteiger partial charge in [-0.3, -0.25) is 4.79 Å².